The van der Waals surface area contributed by atoms with Gasteiger partial charge in [-0.05, 0) is 24.0 Å². The van der Waals surface area contributed by atoms with E-state index in [1.807, 2.05) is 0 Å². The van der Waals surface area contributed by atoms with Crippen LogP contribution >= 0.6 is 12.4 Å². The van der Waals surface area contributed by atoms with Crippen LogP contribution in [0.3, 0.4) is 0 Å². The highest BCUT2D eigenvalue weighted by molar-refractivity contribution is 5.97. The normalized spacial score (nSPS) is 23.9. The van der Waals surface area contributed by atoms with Gasteiger partial charge in [-0.15, -0.1) is 12.4 Å². The highest BCUT2D eigenvalue weighted by Gasteiger charge is 2.38. The molecular weight excluding hydrogens is 302 g/mol. The van der Waals surface area contributed by atoms with Crippen LogP contribution in [-0.4, -0.2) is 43.6 Å². The van der Waals surface area contributed by atoms with Crippen molar-refractivity contribution in [3.05, 3.63) is 29.8 Å². The summed E-state index contributed by atoms with van der Waals surface area (Å²) in [4.78, 5) is 14.2. The SMILES string of the molecule is Cl.O=C(c1ccccc1OC(F)F)N1C[C@H]2CNC[C@H]2C1. The molecule has 2 heterocycles. The van der Waals surface area contributed by atoms with Crippen LogP contribution in [0.2, 0.25) is 0 Å². The lowest BCUT2D eigenvalue weighted by Crippen LogP contribution is -2.32. The van der Waals surface area contributed by atoms with Gasteiger partial charge in [-0.25, -0.2) is 0 Å². The number of hydrogen-bond acceptors (Lipinski definition) is 3. The summed E-state index contributed by atoms with van der Waals surface area (Å²) in [5, 5.41) is 3.30. The maximum Gasteiger partial charge on any atom is 0.387 e. The zero-order chi connectivity index (χ0) is 14.1. The molecule has 0 aliphatic carbocycles. The fourth-order valence-electron chi connectivity index (χ4n) is 3.03. The number of hydrogen-bond donors (Lipinski definition) is 1. The van der Waals surface area contributed by atoms with E-state index in [1.165, 1.54) is 12.1 Å². The van der Waals surface area contributed by atoms with E-state index in [-0.39, 0.29) is 29.6 Å². The van der Waals surface area contributed by atoms with E-state index < -0.39 is 6.61 Å². The van der Waals surface area contributed by atoms with Crippen LogP contribution in [0.1, 0.15) is 10.4 Å². The number of likely N-dealkylation sites (tertiary alicyclic amines) is 1. The molecule has 0 saturated carbocycles. The Morgan fingerprint density at radius 1 is 1.24 bits per heavy atom. The standard InChI is InChI=1S/C14H16F2N2O2.ClH/c15-14(16)20-12-4-2-1-3-11(12)13(19)18-7-9-5-17-6-10(9)8-18;/h1-4,9-10,14,17H,5-8H2;1H/t9-,10+;. The Kier molecular flexibility index (Phi) is 5.00. The number of fused-ring (bicyclic) bond motifs is 1. The third-order valence-corrected chi connectivity index (χ3v) is 4.01. The number of benzene rings is 1. The van der Waals surface area contributed by atoms with Gasteiger partial charge in [0.05, 0.1) is 5.56 Å². The van der Waals surface area contributed by atoms with Gasteiger partial charge < -0.3 is 15.0 Å². The van der Waals surface area contributed by atoms with Gasteiger partial charge in [-0.3, -0.25) is 4.79 Å². The van der Waals surface area contributed by atoms with E-state index in [0.29, 0.717) is 24.9 Å². The molecule has 21 heavy (non-hydrogen) atoms. The Balaban J connectivity index is 0.00000161. The Labute approximate surface area is 127 Å². The molecule has 0 unspecified atom stereocenters. The molecule has 0 spiro atoms. The smallest absolute Gasteiger partial charge is 0.387 e. The molecule has 1 aromatic rings. The maximum atomic E-state index is 12.5. The van der Waals surface area contributed by atoms with Crippen molar-refractivity contribution in [1.82, 2.24) is 10.2 Å². The monoisotopic (exact) mass is 318 g/mol. The fourth-order valence-corrected chi connectivity index (χ4v) is 3.03. The first-order valence-corrected chi connectivity index (χ1v) is 6.69. The third kappa shape index (κ3) is 3.27. The quantitative estimate of drug-likeness (QED) is 0.927. The summed E-state index contributed by atoms with van der Waals surface area (Å²) in [5.41, 5.74) is 0.209. The minimum absolute atomic E-state index is 0. The largest absolute Gasteiger partial charge is 0.434 e. The minimum Gasteiger partial charge on any atom is -0.434 e. The number of nitrogens with one attached hydrogen (secondary N) is 1. The van der Waals surface area contributed by atoms with E-state index in [9.17, 15) is 13.6 Å². The van der Waals surface area contributed by atoms with E-state index >= 15 is 0 Å². The molecular formula is C14H17ClF2N2O2. The van der Waals surface area contributed by atoms with E-state index in [2.05, 4.69) is 10.1 Å². The van der Waals surface area contributed by atoms with Crippen LogP contribution in [0.5, 0.6) is 5.75 Å². The summed E-state index contributed by atoms with van der Waals surface area (Å²) in [7, 11) is 0. The van der Waals surface area contributed by atoms with Gasteiger partial charge in [0, 0.05) is 26.2 Å². The van der Waals surface area contributed by atoms with Crippen LogP contribution < -0.4 is 10.1 Å². The molecule has 3 rings (SSSR count). The molecule has 116 valence electrons. The van der Waals surface area contributed by atoms with E-state index in [4.69, 9.17) is 0 Å². The van der Waals surface area contributed by atoms with Crippen molar-refractivity contribution in [2.24, 2.45) is 11.8 Å². The molecule has 1 amide bonds. The highest BCUT2D eigenvalue weighted by Crippen LogP contribution is 2.29. The van der Waals surface area contributed by atoms with Crippen molar-refractivity contribution >= 4 is 18.3 Å². The van der Waals surface area contributed by atoms with E-state index in [0.717, 1.165) is 13.1 Å². The van der Waals surface area contributed by atoms with Gasteiger partial charge in [-0.2, -0.15) is 8.78 Å². The van der Waals surface area contributed by atoms with Gasteiger partial charge in [0.15, 0.2) is 0 Å². The van der Waals surface area contributed by atoms with Gasteiger partial charge >= 0.3 is 6.61 Å². The van der Waals surface area contributed by atoms with Crippen molar-refractivity contribution in [1.29, 1.82) is 0 Å². The Morgan fingerprint density at radius 2 is 1.86 bits per heavy atom. The lowest BCUT2D eigenvalue weighted by molar-refractivity contribution is -0.0502. The molecule has 2 saturated heterocycles. The Morgan fingerprint density at radius 3 is 2.48 bits per heavy atom. The lowest BCUT2D eigenvalue weighted by atomic mass is 10.0. The number of halogens is 3. The molecule has 2 aliphatic heterocycles. The summed E-state index contributed by atoms with van der Waals surface area (Å²) < 4.78 is 29.2. The molecule has 0 aromatic heterocycles. The minimum atomic E-state index is -2.92. The summed E-state index contributed by atoms with van der Waals surface area (Å²) in [6.07, 6.45) is 0. The number of amides is 1. The number of carbonyl (C=O) groups is 1. The van der Waals surface area contributed by atoms with Crippen LogP contribution in [0.25, 0.3) is 0 Å². The number of para-hydroxylation sites is 1. The Hall–Kier alpha value is -1.40. The average Bonchev–Trinajstić information content (AvgIpc) is 2.98. The molecule has 2 fully saturated rings. The second-order valence-electron chi connectivity index (χ2n) is 5.26. The summed E-state index contributed by atoms with van der Waals surface area (Å²) in [5.74, 6) is 0.669. The molecule has 4 nitrogen and oxygen atoms in total. The molecule has 0 radical (unpaired) electrons. The molecule has 1 aromatic carbocycles. The molecule has 1 N–H and O–H groups in total. The fraction of sp³-hybridized carbons (Fsp3) is 0.500. The molecule has 2 atom stereocenters. The van der Waals surface area contributed by atoms with Crippen molar-refractivity contribution in [2.45, 2.75) is 6.61 Å². The second kappa shape index (κ2) is 6.58. The van der Waals surface area contributed by atoms with Gasteiger partial charge in [-0.1, -0.05) is 12.1 Å². The van der Waals surface area contributed by atoms with Crippen molar-refractivity contribution in [3.8, 4) is 5.75 Å². The Bertz CT molecular complexity index is 504. The van der Waals surface area contributed by atoms with Gasteiger partial charge in [0.2, 0.25) is 0 Å². The van der Waals surface area contributed by atoms with Crippen LogP contribution in [0.15, 0.2) is 24.3 Å². The lowest BCUT2D eigenvalue weighted by Gasteiger charge is -2.19. The number of ether oxygens (including phenoxy) is 1. The van der Waals surface area contributed by atoms with Gasteiger partial charge in [0.25, 0.3) is 5.91 Å². The van der Waals surface area contributed by atoms with Crippen LogP contribution in [0.4, 0.5) is 8.78 Å². The summed E-state index contributed by atoms with van der Waals surface area (Å²) in [6, 6.07) is 6.17. The highest BCUT2D eigenvalue weighted by atomic mass is 35.5. The molecule has 7 heteroatoms. The zero-order valence-corrected chi connectivity index (χ0v) is 12.1. The van der Waals surface area contributed by atoms with Crippen LogP contribution in [0, 0.1) is 11.8 Å². The maximum absolute atomic E-state index is 12.5. The summed E-state index contributed by atoms with van der Waals surface area (Å²) >= 11 is 0. The van der Waals surface area contributed by atoms with Gasteiger partial charge in [0.1, 0.15) is 5.75 Å². The zero-order valence-electron chi connectivity index (χ0n) is 11.3. The second-order valence-corrected chi connectivity index (χ2v) is 5.26. The number of nitrogens with zero attached hydrogens (tertiary/aromatic N) is 1. The first-order valence-electron chi connectivity index (χ1n) is 6.69. The van der Waals surface area contributed by atoms with E-state index in [1.54, 1.807) is 17.0 Å². The number of carbonyl (C=O) groups excluding carboxylic acids is 1. The van der Waals surface area contributed by atoms with Crippen LogP contribution in [-0.2, 0) is 0 Å². The first kappa shape index (κ1) is 16.0. The average molecular weight is 319 g/mol. The topological polar surface area (TPSA) is 41.6 Å². The van der Waals surface area contributed by atoms with Crippen molar-refractivity contribution < 1.29 is 18.3 Å². The number of alkyl halides is 2. The predicted molar refractivity (Wildman–Crippen MR) is 76.1 cm³/mol. The summed E-state index contributed by atoms with van der Waals surface area (Å²) in [6.45, 7) is 0.276. The molecule has 0 bridgehead atoms. The first-order chi connectivity index (χ1) is 9.65. The number of rotatable bonds is 3. The molecule has 2 aliphatic rings. The third-order valence-electron chi connectivity index (χ3n) is 4.01. The predicted octanol–water partition coefficient (Wildman–Crippen LogP) is 2.00. The van der Waals surface area contributed by atoms with Crippen molar-refractivity contribution in [2.75, 3.05) is 26.2 Å². The van der Waals surface area contributed by atoms with Crippen molar-refractivity contribution in [3.63, 3.8) is 0 Å².